The summed E-state index contributed by atoms with van der Waals surface area (Å²) in [5.74, 6) is -0.619. The number of anilines is 2. The summed E-state index contributed by atoms with van der Waals surface area (Å²) in [7, 11) is 0. The molecule has 4 rings (SSSR count). The molecule has 1 aliphatic heterocycles. The van der Waals surface area contributed by atoms with Gasteiger partial charge in [0.15, 0.2) is 0 Å². The van der Waals surface area contributed by atoms with Crippen LogP contribution in [-0.2, 0) is 4.79 Å². The van der Waals surface area contributed by atoms with Crippen molar-refractivity contribution in [3.05, 3.63) is 29.3 Å². The second-order valence-electron chi connectivity index (χ2n) is 8.41. The molecule has 0 unspecified atom stereocenters. The summed E-state index contributed by atoms with van der Waals surface area (Å²) in [6, 6.07) is 7.38. The van der Waals surface area contributed by atoms with Gasteiger partial charge in [-0.25, -0.2) is 4.98 Å². The molecule has 1 amide bonds. The van der Waals surface area contributed by atoms with Crippen LogP contribution in [0.5, 0.6) is 0 Å². The Hall–Kier alpha value is -2.06. The summed E-state index contributed by atoms with van der Waals surface area (Å²) < 4.78 is 38.6. The fourth-order valence-electron chi connectivity index (χ4n) is 4.51. The van der Waals surface area contributed by atoms with Gasteiger partial charge in [-0.3, -0.25) is 4.79 Å². The number of fused-ring (bicyclic) bond motifs is 1. The number of benzene rings is 1. The van der Waals surface area contributed by atoms with Gasteiger partial charge in [-0.2, -0.15) is 13.2 Å². The third-order valence-corrected chi connectivity index (χ3v) is 6.61. The lowest BCUT2D eigenvalue weighted by Gasteiger charge is -2.29. The van der Waals surface area contributed by atoms with Crippen LogP contribution in [0.25, 0.3) is 10.9 Å². The van der Waals surface area contributed by atoms with E-state index in [1.165, 1.54) is 0 Å². The van der Waals surface area contributed by atoms with Gasteiger partial charge < -0.3 is 15.5 Å². The van der Waals surface area contributed by atoms with E-state index in [4.69, 9.17) is 16.6 Å². The van der Waals surface area contributed by atoms with Crippen molar-refractivity contribution in [1.29, 1.82) is 0 Å². The monoisotopic (exact) mass is 454 g/mol. The van der Waals surface area contributed by atoms with Crippen LogP contribution in [0.4, 0.5) is 24.7 Å². The highest BCUT2D eigenvalue weighted by atomic mass is 35.5. The molecule has 0 bridgehead atoms. The predicted octanol–water partition coefficient (Wildman–Crippen LogP) is 5.00. The molecule has 9 heteroatoms. The van der Waals surface area contributed by atoms with Crippen molar-refractivity contribution < 1.29 is 18.0 Å². The van der Waals surface area contributed by atoms with Crippen LogP contribution in [-0.4, -0.2) is 43.2 Å². The van der Waals surface area contributed by atoms with Gasteiger partial charge in [0.25, 0.3) is 0 Å². The standard InChI is InChI=1S/C22H26ClF3N4O/c23-17-6-7-18-16(5-8-19(28-18)30-11-9-27-10-12-30)21(17)29-20(31)13-14-1-3-15(4-2-14)22(24,25)26/h5-8,14-15,27H,1-4,9-13H2,(H,29,31). The number of piperazine rings is 1. The molecule has 0 radical (unpaired) electrons. The third kappa shape index (κ3) is 5.23. The number of nitrogens with one attached hydrogen (secondary N) is 2. The fraction of sp³-hybridized carbons (Fsp3) is 0.545. The molecule has 168 valence electrons. The SMILES string of the molecule is O=C(CC1CCC(C(F)(F)F)CC1)Nc1c(Cl)ccc2nc(N3CCNCC3)ccc12. The van der Waals surface area contributed by atoms with Gasteiger partial charge in [0.2, 0.25) is 5.91 Å². The molecule has 0 atom stereocenters. The fourth-order valence-corrected chi connectivity index (χ4v) is 4.72. The van der Waals surface area contributed by atoms with Gasteiger partial charge in [0.05, 0.1) is 22.1 Å². The number of halogens is 4. The average molecular weight is 455 g/mol. The molecule has 1 aromatic carbocycles. The van der Waals surface area contributed by atoms with Gasteiger partial charge in [-0.15, -0.1) is 0 Å². The number of alkyl halides is 3. The van der Waals surface area contributed by atoms with Crippen molar-refractivity contribution in [2.45, 2.75) is 38.3 Å². The molecular formula is C22H26ClF3N4O. The van der Waals surface area contributed by atoms with Crippen molar-refractivity contribution in [1.82, 2.24) is 10.3 Å². The lowest BCUT2D eigenvalue weighted by Crippen LogP contribution is -2.43. The third-order valence-electron chi connectivity index (χ3n) is 6.29. The molecule has 1 saturated carbocycles. The van der Waals surface area contributed by atoms with E-state index >= 15 is 0 Å². The van der Waals surface area contributed by atoms with Crippen molar-refractivity contribution in [2.24, 2.45) is 11.8 Å². The normalized spacial score (nSPS) is 22.5. The van der Waals surface area contributed by atoms with Gasteiger partial charge >= 0.3 is 6.18 Å². The topological polar surface area (TPSA) is 57.3 Å². The number of rotatable bonds is 4. The van der Waals surface area contributed by atoms with Crippen LogP contribution < -0.4 is 15.5 Å². The number of aromatic nitrogens is 1. The summed E-state index contributed by atoms with van der Waals surface area (Å²) >= 11 is 6.36. The number of nitrogens with zero attached hydrogens (tertiary/aromatic N) is 2. The summed E-state index contributed by atoms with van der Waals surface area (Å²) in [5, 5.41) is 7.36. The highest BCUT2D eigenvalue weighted by Gasteiger charge is 2.41. The molecule has 1 saturated heterocycles. The minimum absolute atomic E-state index is 0.0372. The quantitative estimate of drug-likeness (QED) is 0.683. The Morgan fingerprint density at radius 3 is 2.52 bits per heavy atom. The Balaban J connectivity index is 1.44. The Kier molecular flexibility index (Phi) is 6.57. The van der Waals surface area contributed by atoms with Crippen LogP contribution in [0.1, 0.15) is 32.1 Å². The highest BCUT2D eigenvalue weighted by Crippen LogP contribution is 2.40. The van der Waals surface area contributed by atoms with Gasteiger partial charge in [-0.05, 0) is 55.9 Å². The lowest BCUT2D eigenvalue weighted by molar-refractivity contribution is -0.183. The Morgan fingerprint density at radius 2 is 1.84 bits per heavy atom. The average Bonchev–Trinajstić information content (AvgIpc) is 2.76. The number of carbonyl (C=O) groups excluding carboxylic acids is 1. The predicted molar refractivity (Wildman–Crippen MR) is 117 cm³/mol. The maximum Gasteiger partial charge on any atom is 0.391 e. The summed E-state index contributed by atoms with van der Waals surface area (Å²) in [4.78, 5) is 19.6. The summed E-state index contributed by atoms with van der Waals surface area (Å²) in [5.41, 5.74) is 1.24. The first-order valence-corrected chi connectivity index (χ1v) is 11.1. The Morgan fingerprint density at radius 1 is 1.13 bits per heavy atom. The zero-order valence-electron chi connectivity index (χ0n) is 17.1. The van der Waals surface area contributed by atoms with Crippen LogP contribution in [0.3, 0.4) is 0 Å². The van der Waals surface area contributed by atoms with Crippen LogP contribution >= 0.6 is 11.6 Å². The maximum absolute atomic E-state index is 12.9. The summed E-state index contributed by atoms with van der Waals surface area (Å²) in [6.07, 6.45) is -2.93. The van der Waals surface area contributed by atoms with Gasteiger partial charge in [0.1, 0.15) is 5.82 Å². The number of amides is 1. The van der Waals surface area contributed by atoms with E-state index in [0.29, 0.717) is 23.6 Å². The molecule has 0 spiro atoms. The number of hydrogen-bond acceptors (Lipinski definition) is 4. The lowest BCUT2D eigenvalue weighted by atomic mass is 9.80. The second-order valence-corrected chi connectivity index (χ2v) is 8.81. The van der Waals surface area contributed by atoms with Crippen LogP contribution in [0.2, 0.25) is 5.02 Å². The molecule has 1 aromatic heterocycles. The number of pyridine rings is 1. The van der Waals surface area contributed by atoms with Crippen LogP contribution in [0, 0.1) is 11.8 Å². The molecule has 1 aliphatic carbocycles. The van der Waals surface area contributed by atoms with Crippen LogP contribution in [0.15, 0.2) is 24.3 Å². The molecule has 2 heterocycles. The number of hydrogen-bond donors (Lipinski definition) is 2. The Labute approximate surface area is 184 Å². The molecule has 5 nitrogen and oxygen atoms in total. The van der Waals surface area contributed by atoms with E-state index in [1.54, 1.807) is 6.07 Å². The second kappa shape index (κ2) is 9.20. The van der Waals surface area contributed by atoms with Crippen molar-refractivity contribution in [3.8, 4) is 0 Å². The van der Waals surface area contributed by atoms with Crippen molar-refractivity contribution in [2.75, 3.05) is 36.4 Å². The first-order valence-electron chi connectivity index (χ1n) is 10.7. The molecule has 2 N–H and O–H groups in total. The smallest absolute Gasteiger partial charge is 0.354 e. The summed E-state index contributed by atoms with van der Waals surface area (Å²) in [6.45, 7) is 3.58. The number of carbonyl (C=O) groups is 1. The van der Waals surface area contributed by atoms with Crippen molar-refractivity contribution in [3.63, 3.8) is 0 Å². The first kappa shape index (κ1) is 22.1. The van der Waals surface area contributed by atoms with Crippen molar-refractivity contribution >= 4 is 39.9 Å². The van der Waals surface area contributed by atoms with Gasteiger partial charge in [-0.1, -0.05) is 11.6 Å². The van der Waals surface area contributed by atoms with E-state index in [9.17, 15) is 18.0 Å². The highest BCUT2D eigenvalue weighted by molar-refractivity contribution is 6.35. The first-order chi connectivity index (χ1) is 14.8. The zero-order valence-corrected chi connectivity index (χ0v) is 17.9. The maximum atomic E-state index is 12.9. The minimum atomic E-state index is -4.14. The minimum Gasteiger partial charge on any atom is -0.354 e. The molecule has 31 heavy (non-hydrogen) atoms. The van der Waals surface area contributed by atoms with E-state index < -0.39 is 12.1 Å². The molecular weight excluding hydrogens is 429 g/mol. The molecule has 2 fully saturated rings. The Bertz CT molecular complexity index is 938. The van der Waals surface area contributed by atoms with E-state index in [2.05, 4.69) is 15.5 Å². The molecule has 2 aromatic rings. The van der Waals surface area contributed by atoms with E-state index in [-0.39, 0.29) is 31.1 Å². The van der Waals surface area contributed by atoms with E-state index in [0.717, 1.165) is 42.9 Å². The van der Waals surface area contributed by atoms with E-state index in [1.807, 2.05) is 18.2 Å². The van der Waals surface area contributed by atoms with Gasteiger partial charge in [0, 0.05) is 38.0 Å². The largest absolute Gasteiger partial charge is 0.391 e. The zero-order chi connectivity index (χ0) is 22.0. The molecule has 2 aliphatic rings.